The standard InChI is InChI=1S/C16H17BrF2O3/c1-15(2)11(13(20)16(3,4)22-15)8-9-7-10(17)5-6-12(9)21-14(18)19/h5-8,14H,1-4H3. The topological polar surface area (TPSA) is 35.5 Å². The van der Waals surface area contributed by atoms with Gasteiger partial charge in [-0.2, -0.15) is 8.78 Å². The first-order chi connectivity index (χ1) is 10.0. The number of benzene rings is 1. The van der Waals surface area contributed by atoms with E-state index in [4.69, 9.17) is 4.74 Å². The van der Waals surface area contributed by atoms with E-state index >= 15 is 0 Å². The second-order valence-electron chi connectivity index (χ2n) is 6.07. The van der Waals surface area contributed by atoms with Gasteiger partial charge in [-0.25, -0.2) is 0 Å². The van der Waals surface area contributed by atoms with Crippen LogP contribution >= 0.6 is 15.9 Å². The number of halogens is 3. The molecule has 120 valence electrons. The van der Waals surface area contributed by atoms with Crippen LogP contribution in [0.3, 0.4) is 0 Å². The van der Waals surface area contributed by atoms with Crippen LogP contribution in [0.15, 0.2) is 28.2 Å². The molecule has 3 nitrogen and oxygen atoms in total. The lowest BCUT2D eigenvalue weighted by atomic mass is 9.90. The van der Waals surface area contributed by atoms with E-state index in [9.17, 15) is 13.6 Å². The molecule has 1 heterocycles. The van der Waals surface area contributed by atoms with Crippen molar-refractivity contribution < 1.29 is 23.0 Å². The van der Waals surface area contributed by atoms with Crippen LogP contribution in [0.2, 0.25) is 0 Å². The van der Waals surface area contributed by atoms with Gasteiger partial charge in [0.05, 0.1) is 5.60 Å². The Hall–Kier alpha value is -1.27. The molecule has 0 N–H and O–H groups in total. The van der Waals surface area contributed by atoms with Gasteiger partial charge in [-0.3, -0.25) is 4.79 Å². The molecule has 0 spiro atoms. The fraction of sp³-hybridized carbons (Fsp3) is 0.438. The maximum atomic E-state index is 12.5. The molecular formula is C16H17BrF2O3. The van der Waals surface area contributed by atoms with Gasteiger partial charge in [-0.1, -0.05) is 15.9 Å². The summed E-state index contributed by atoms with van der Waals surface area (Å²) in [7, 11) is 0. The molecule has 0 bridgehead atoms. The summed E-state index contributed by atoms with van der Waals surface area (Å²) in [6.07, 6.45) is 1.56. The normalized spacial score (nSPS) is 21.6. The zero-order valence-electron chi connectivity index (χ0n) is 12.7. The van der Waals surface area contributed by atoms with Gasteiger partial charge in [0.25, 0.3) is 0 Å². The van der Waals surface area contributed by atoms with E-state index in [2.05, 4.69) is 20.7 Å². The number of ketones is 1. The fourth-order valence-corrected chi connectivity index (χ4v) is 2.95. The zero-order chi connectivity index (χ0) is 16.7. The molecule has 0 atom stereocenters. The van der Waals surface area contributed by atoms with Crippen LogP contribution in [0.4, 0.5) is 8.78 Å². The molecule has 1 aromatic carbocycles. The summed E-state index contributed by atoms with van der Waals surface area (Å²) >= 11 is 3.29. The average molecular weight is 375 g/mol. The third-order valence-corrected chi connectivity index (χ3v) is 3.93. The second kappa shape index (κ2) is 5.74. The van der Waals surface area contributed by atoms with E-state index in [1.54, 1.807) is 45.9 Å². The van der Waals surface area contributed by atoms with Crippen LogP contribution < -0.4 is 4.74 Å². The van der Waals surface area contributed by atoms with Crippen LogP contribution in [-0.4, -0.2) is 23.6 Å². The van der Waals surface area contributed by atoms with Crippen molar-refractivity contribution >= 4 is 27.8 Å². The highest BCUT2D eigenvalue weighted by Crippen LogP contribution is 2.40. The Labute approximate surface area is 136 Å². The molecule has 1 fully saturated rings. The Morgan fingerprint density at radius 2 is 1.86 bits per heavy atom. The highest BCUT2D eigenvalue weighted by Gasteiger charge is 2.49. The average Bonchev–Trinajstić information content (AvgIpc) is 2.50. The summed E-state index contributed by atoms with van der Waals surface area (Å²) in [4.78, 5) is 12.5. The number of alkyl halides is 2. The number of hydrogen-bond acceptors (Lipinski definition) is 3. The first-order valence-corrected chi connectivity index (χ1v) is 7.54. The van der Waals surface area contributed by atoms with E-state index < -0.39 is 17.8 Å². The number of Topliss-reactive ketones (excluding diaryl/α,β-unsaturated/α-hetero) is 1. The maximum Gasteiger partial charge on any atom is 0.387 e. The third-order valence-electron chi connectivity index (χ3n) is 3.44. The molecule has 1 aliphatic heterocycles. The summed E-state index contributed by atoms with van der Waals surface area (Å²) in [5.74, 6) is -0.153. The number of rotatable bonds is 3. The molecule has 1 aromatic rings. The SMILES string of the molecule is CC1(C)OC(C)(C)C(=Cc2cc(Br)ccc2OC(F)F)C1=O. The summed E-state index contributed by atoms with van der Waals surface area (Å²) in [6, 6.07) is 4.65. The monoisotopic (exact) mass is 374 g/mol. The Bertz CT molecular complexity index is 636. The zero-order valence-corrected chi connectivity index (χ0v) is 14.3. The van der Waals surface area contributed by atoms with E-state index in [0.29, 0.717) is 15.6 Å². The molecule has 1 saturated heterocycles. The minimum Gasteiger partial charge on any atom is -0.434 e. The summed E-state index contributed by atoms with van der Waals surface area (Å²) < 4.78 is 36.0. The largest absolute Gasteiger partial charge is 0.434 e. The lowest BCUT2D eigenvalue weighted by Crippen LogP contribution is -2.29. The molecule has 0 amide bonds. The summed E-state index contributed by atoms with van der Waals surface area (Å²) in [6.45, 7) is 4.00. The van der Waals surface area contributed by atoms with Gasteiger partial charge in [-0.05, 0) is 52.0 Å². The first-order valence-electron chi connectivity index (χ1n) is 6.74. The van der Waals surface area contributed by atoms with Gasteiger partial charge < -0.3 is 9.47 Å². The predicted molar refractivity (Wildman–Crippen MR) is 83.0 cm³/mol. The third kappa shape index (κ3) is 3.38. The quantitative estimate of drug-likeness (QED) is 0.725. The van der Waals surface area contributed by atoms with Crippen LogP contribution in [0, 0.1) is 0 Å². The molecule has 0 aromatic heterocycles. The molecule has 0 aliphatic carbocycles. The molecule has 1 aliphatic rings. The van der Waals surface area contributed by atoms with Crippen molar-refractivity contribution in [3.8, 4) is 5.75 Å². The number of carbonyl (C=O) groups is 1. The highest BCUT2D eigenvalue weighted by molar-refractivity contribution is 9.10. The molecule has 0 unspecified atom stereocenters. The minimum atomic E-state index is -2.93. The first kappa shape index (κ1) is 17.1. The summed E-state index contributed by atoms with van der Waals surface area (Å²) in [5.41, 5.74) is -0.919. The Kier molecular flexibility index (Phi) is 4.46. The number of ether oxygens (including phenoxy) is 2. The van der Waals surface area contributed by atoms with Crippen molar-refractivity contribution in [2.24, 2.45) is 0 Å². The van der Waals surface area contributed by atoms with E-state index in [-0.39, 0.29) is 11.5 Å². The van der Waals surface area contributed by atoms with Gasteiger partial charge in [0, 0.05) is 15.6 Å². The van der Waals surface area contributed by atoms with E-state index in [1.807, 2.05) is 0 Å². The van der Waals surface area contributed by atoms with Crippen LogP contribution in [0.25, 0.3) is 6.08 Å². The van der Waals surface area contributed by atoms with Crippen molar-refractivity contribution in [3.05, 3.63) is 33.8 Å². The van der Waals surface area contributed by atoms with Gasteiger partial charge in [0.2, 0.25) is 0 Å². The van der Waals surface area contributed by atoms with Crippen molar-refractivity contribution in [3.63, 3.8) is 0 Å². The second-order valence-corrected chi connectivity index (χ2v) is 6.99. The van der Waals surface area contributed by atoms with Crippen molar-refractivity contribution in [1.29, 1.82) is 0 Å². The van der Waals surface area contributed by atoms with Crippen LogP contribution in [0.1, 0.15) is 33.3 Å². The molecule has 2 rings (SSSR count). The van der Waals surface area contributed by atoms with Gasteiger partial charge in [-0.15, -0.1) is 0 Å². The minimum absolute atomic E-state index is 0.0130. The number of hydrogen-bond donors (Lipinski definition) is 0. The molecule has 22 heavy (non-hydrogen) atoms. The molecule has 0 radical (unpaired) electrons. The molecule has 6 heteroatoms. The smallest absolute Gasteiger partial charge is 0.387 e. The van der Waals surface area contributed by atoms with Gasteiger partial charge in [0.1, 0.15) is 11.4 Å². The number of carbonyl (C=O) groups excluding carboxylic acids is 1. The lowest BCUT2D eigenvalue weighted by molar-refractivity contribution is -0.132. The molecule has 0 saturated carbocycles. The lowest BCUT2D eigenvalue weighted by Gasteiger charge is -2.22. The Balaban J connectivity index is 2.52. The fourth-order valence-electron chi connectivity index (χ4n) is 2.57. The van der Waals surface area contributed by atoms with Crippen molar-refractivity contribution in [1.82, 2.24) is 0 Å². The Morgan fingerprint density at radius 1 is 1.23 bits per heavy atom. The Morgan fingerprint density at radius 3 is 2.36 bits per heavy atom. The van der Waals surface area contributed by atoms with E-state index in [0.717, 1.165) is 0 Å². The van der Waals surface area contributed by atoms with Gasteiger partial charge >= 0.3 is 6.61 Å². The molecular weight excluding hydrogens is 358 g/mol. The highest BCUT2D eigenvalue weighted by atomic mass is 79.9. The predicted octanol–water partition coefficient (Wildman–Crippen LogP) is 4.59. The van der Waals surface area contributed by atoms with Crippen LogP contribution in [0.5, 0.6) is 5.75 Å². The maximum absolute atomic E-state index is 12.5. The van der Waals surface area contributed by atoms with Crippen LogP contribution in [-0.2, 0) is 9.53 Å². The summed E-state index contributed by atoms with van der Waals surface area (Å²) in [5, 5.41) is 0. The van der Waals surface area contributed by atoms with Gasteiger partial charge in [0.15, 0.2) is 5.78 Å². The van der Waals surface area contributed by atoms with E-state index in [1.165, 1.54) is 6.07 Å². The van der Waals surface area contributed by atoms with Crippen molar-refractivity contribution in [2.75, 3.05) is 0 Å². The van der Waals surface area contributed by atoms with Crippen molar-refractivity contribution in [2.45, 2.75) is 45.5 Å².